The monoisotopic (exact) mass is 404 g/mol. The Morgan fingerprint density at radius 2 is 2.00 bits per heavy atom. The largest absolute Gasteiger partial charge is 0.481 e. The number of methoxy groups -OCH3 is 1. The van der Waals surface area contributed by atoms with Crippen LogP contribution in [0.4, 0.5) is 4.39 Å². The lowest BCUT2D eigenvalue weighted by atomic mass is 9.68. The van der Waals surface area contributed by atoms with Crippen molar-refractivity contribution in [1.82, 2.24) is 10.2 Å². The Kier molecular flexibility index (Phi) is 5.96. The molecule has 0 spiro atoms. The minimum Gasteiger partial charge on any atom is -0.481 e. The van der Waals surface area contributed by atoms with Crippen molar-refractivity contribution in [1.29, 1.82) is 0 Å². The molecule has 1 aromatic carbocycles. The van der Waals surface area contributed by atoms with E-state index in [-0.39, 0.29) is 17.2 Å². The lowest BCUT2D eigenvalue weighted by Crippen LogP contribution is -2.53. The van der Waals surface area contributed by atoms with Crippen LogP contribution in [0.5, 0.6) is 0 Å². The number of halogens is 1. The number of nitrogens with one attached hydrogen (secondary N) is 1. The number of carboxylic acids is 1. The number of rotatable bonds is 9. The first-order valence-corrected chi connectivity index (χ1v) is 10.9. The summed E-state index contributed by atoms with van der Waals surface area (Å²) in [7, 11) is 1.75. The highest BCUT2D eigenvalue weighted by atomic mass is 19.1. The number of hydrogen-bond acceptors (Lipinski definition) is 4. The molecule has 1 saturated heterocycles. The van der Waals surface area contributed by atoms with Crippen molar-refractivity contribution < 1.29 is 19.0 Å². The van der Waals surface area contributed by atoms with Crippen molar-refractivity contribution in [2.24, 2.45) is 10.8 Å². The molecule has 1 aromatic rings. The van der Waals surface area contributed by atoms with Crippen molar-refractivity contribution in [2.45, 2.75) is 50.5 Å². The van der Waals surface area contributed by atoms with Crippen LogP contribution in [0.3, 0.4) is 0 Å². The Bertz CT molecular complexity index is 729. The predicted octanol–water partition coefficient (Wildman–Crippen LogP) is 3.25. The van der Waals surface area contributed by atoms with E-state index in [0.29, 0.717) is 19.2 Å². The summed E-state index contributed by atoms with van der Waals surface area (Å²) in [5, 5.41) is 13.3. The van der Waals surface area contributed by atoms with Gasteiger partial charge in [0.05, 0.1) is 12.0 Å². The molecule has 3 fully saturated rings. The van der Waals surface area contributed by atoms with Gasteiger partial charge in [-0.2, -0.15) is 0 Å². The number of ether oxygens (including phenoxy) is 1. The molecule has 4 rings (SSSR count). The first-order chi connectivity index (χ1) is 14.0. The molecular formula is C23H33FN2O3. The highest BCUT2D eigenvalue weighted by Crippen LogP contribution is 2.44. The summed E-state index contributed by atoms with van der Waals surface area (Å²) in [6.07, 6.45) is 5.63. The highest BCUT2D eigenvalue weighted by Gasteiger charge is 2.47. The van der Waals surface area contributed by atoms with Crippen LogP contribution in [0, 0.1) is 16.6 Å². The number of carboxylic acid groups (broad SMARTS) is 1. The van der Waals surface area contributed by atoms with E-state index in [4.69, 9.17) is 4.74 Å². The fourth-order valence-electron chi connectivity index (χ4n) is 5.22. The van der Waals surface area contributed by atoms with Crippen molar-refractivity contribution >= 4 is 5.97 Å². The van der Waals surface area contributed by atoms with E-state index in [9.17, 15) is 14.3 Å². The molecule has 0 amide bonds. The van der Waals surface area contributed by atoms with Crippen molar-refractivity contribution in [2.75, 3.05) is 39.9 Å². The highest BCUT2D eigenvalue weighted by molar-refractivity contribution is 5.76. The number of likely N-dealkylation sites (tertiary alicyclic amines) is 1. The van der Waals surface area contributed by atoms with E-state index in [0.717, 1.165) is 63.7 Å². The predicted molar refractivity (Wildman–Crippen MR) is 109 cm³/mol. The Morgan fingerprint density at radius 3 is 2.59 bits per heavy atom. The van der Waals surface area contributed by atoms with Crippen molar-refractivity contribution in [3.63, 3.8) is 0 Å². The molecule has 29 heavy (non-hydrogen) atoms. The van der Waals surface area contributed by atoms with E-state index < -0.39 is 11.4 Å². The van der Waals surface area contributed by atoms with Gasteiger partial charge >= 0.3 is 5.97 Å². The Labute approximate surface area is 172 Å². The molecule has 5 nitrogen and oxygen atoms in total. The summed E-state index contributed by atoms with van der Waals surface area (Å²) in [4.78, 5) is 14.0. The summed E-state index contributed by atoms with van der Waals surface area (Å²) in [6.45, 7) is 4.09. The van der Waals surface area contributed by atoms with Crippen LogP contribution in [0.2, 0.25) is 0 Å². The van der Waals surface area contributed by atoms with Gasteiger partial charge in [-0.3, -0.25) is 4.79 Å². The summed E-state index contributed by atoms with van der Waals surface area (Å²) < 4.78 is 19.6. The molecule has 2 saturated carbocycles. The average molecular weight is 405 g/mol. The Balaban J connectivity index is 1.29. The third kappa shape index (κ3) is 4.35. The summed E-state index contributed by atoms with van der Waals surface area (Å²) in [5.74, 6) is -0.470. The number of piperidine rings is 1. The summed E-state index contributed by atoms with van der Waals surface area (Å²) >= 11 is 0. The van der Waals surface area contributed by atoms with Crippen LogP contribution in [-0.4, -0.2) is 61.9 Å². The van der Waals surface area contributed by atoms with Crippen LogP contribution < -0.4 is 5.32 Å². The van der Waals surface area contributed by atoms with E-state index >= 15 is 0 Å². The molecule has 1 heterocycles. The fourth-order valence-corrected chi connectivity index (χ4v) is 5.22. The molecule has 0 bridgehead atoms. The van der Waals surface area contributed by atoms with Gasteiger partial charge in [-0.25, -0.2) is 4.39 Å². The van der Waals surface area contributed by atoms with E-state index in [2.05, 4.69) is 10.2 Å². The summed E-state index contributed by atoms with van der Waals surface area (Å²) in [5.41, 5.74) is 0.379. The van der Waals surface area contributed by atoms with E-state index in [1.807, 2.05) is 12.1 Å². The third-order valence-electron chi connectivity index (χ3n) is 7.49. The topological polar surface area (TPSA) is 61.8 Å². The molecule has 3 aliphatic rings. The minimum absolute atomic E-state index is 0.0730. The molecule has 1 aliphatic heterocycles. The van der Waals surface area contributed by atoms with Gasteiger partial charge in [0.2, 0.25) is 0 Å². The maximum atomic E-state index is 14.0. The molecular weight excluding hydrogens is 371 g/mol. The molecule has 160 valence electrons. The first-order valence-electron chi connectivity index (χ1n) is 10.9. The molecule has 0 radical (unpaired) electrons. The van der Waals surface area contributed by atoms with Crippen LogP contribution in [0.25, 0.3) is 0 Å². The van der Waals surface area contributed by atoms with Gasteiger partial charge in [0.15, 0.2) is 0 Å². The molecule has 6 heteroatoms. The standard InChI is InChI=1S/C23H33FN2O3/c1-29-16-22(14-25-20-13-18(20)17-5-2-3-6-19(17)24)9-11-26(12-10-22)15-23(21(27)28)7-4-8-23/h2-3,5-6,18,20,25H,4,7-16H2,1H3,(H,27,28). The van der Waals surface area contributed by atoms with Gasteiger partial charge in [0.1, 0.15) is 5.82 Å². The van der Waals surface area contributed by atoms with Gasteiger partial charge in [0.25, 0.3) is 0 Å². The second-order valence-electron chi connectivity index (χ2n) is 9.50. The molecule has 2 N–H and O–H groups in total. The zero-order valence-electron chi connectivity index (χ0n) is 17.3. The number of benzene rings is 1. The number of carbonyl (C=O) groups is 1. The fraction of sp³-hybridized carbons (Fsp3) is 0.696. The van der Waals surface area contributed by atoms with Crippen LogP contribution in [0.1, 0.15) is 50.0 Å². The quantitative estimate of drug-likeness (QED) is 0.662. The molecule has 0 aromatic heterocycles. The number of aliphatic carboxylic acids is 1. The number of hydrogen-bond donors (Lipinski definition) is 2. The third-order valence-corrected chi connectivity index (χ3v) is 7.49. The van der Waals surface area contributed by atoms with E-state index in [1.54, 1.807) is 19.2 Å². The minimum atomic E-state index is -0.632. The molecule has 2 atom stereocenters. The van der Waals surface area contributed by atoms with Crippen molar-refractivity contribution in [3.8, 4) is 0 Å². The van der Waals surface area contributed by atoms with Gasteiger partial charge in [-0.15, -0.1) is 0 Å². The van der Waals surface area contributed by atoms with Crippen LogP contribution in [-0.2, 0) is 9.53 Å². The van der Waals surface area contributed by atoms with Crippen LogP contribution in [0.15, 0.2) is 24.3 Å². The second-order valence-corrected chi connectivity index (χ2v) is 9.50. The zero-order valence-corrected chi connectivity index (χ0v) is 17.3. The smallest absolute Gasteiger partial charge is 0.310 e. The van der Waals surface area contributed by atoms with Gasteiger partial charge < -0.3 is 20.1 Å². The Morgan fingerprint density at radius 1 is 1.28 bits per heavy atom. The average Bonchev–Trinajstić information content (AvgIpc) is 3.44. The van der Waals surface area contributed by atoms with Gasteiger partial charge in [-0.1, -0.05) is 24.6 Å². The lowest BCUT2D eigenvalue weighted by Gasteiger charge is -2.46. The Hall–Kier alpha value is -1.50. The SMILES string of the molecule is COCC1(CNC2CC2c2ccccc2F)CCN(CC2(C(=O)O)CCC2)CC1. The van der Waals surface area contributed by atoms with Crippen LogP contribution >= 0.6 is 0 Å². The van der Waals surface area contributed by atoms with E-state index in [1.165, 1.54) is 0 Å². The molecule has 2 unspecified atom stereocenters. The molecule has 2 aliphatic carbocycles. The second kappa shape index (κ2) is 8.32. The maximum Gasteiger partial charge on any atom is 0.310 e. The maximum absolute atomic E-state index is 14.0. The lowest BCUT2D eigenvalue weighted by molar-refractivity contribution is -0.157. The zero-order chi connectivity index (χ0) is 20.5. The van der Waals surface area contributed by atoms with Gasteiger partial charge in [0, 0.05) is 37.6 Å². The first kappa shape index (κ1) is 20.8. The van der Waals surface area contributed by atoms with Gasteiger partial charge in [-0.05, 0) is 56.8 Å². The van der Waals surface area contributed by atoms with Crippen molar-refractivity contribution in [3.05, 3.63) is 35.6 Å². The summed E-state index contributed by atoms with van der Waals surface area (Å²) in [6, 6.07) is 7.41. The normalized spacial score (nSPS) is 27.9. The number of nitrogens with zero attached hydrogens (tertiary/aromatic N) is 1.